The molecule has 0 unspecified atom stereocenters. The largest absolute Gasteiger partial charge is 0.503 e. The van der Waals surface area contributed by atoms with E-state index in [4.69, 9.17) is 16.3 Å². The van der Waals surface area contributed by atoms with Crippen LogP contribution in [0.25, 0.3) is 0 Å². The van der Waals surface area contributed by atoms with Crippen LogP contribution in [0, 0.1) is 11.3 Å². The molecule has 0 aromatic heterocycles. The summed E-state index contributed by atoms with van der Waals surface area (Å²) in [5.41, 5.74) is 1.49. The van der Waals surface area contributed by atoms with Crippen LogP contribution < -0.4 is 4.74 Å². The van der Waals surface area contributed by atoms with Crippen molar-refractivity contribution in [3.63, 3.8) is 0 Å². The average molecular weight is 312 g/mol. The summed E-state index contributed by atoms with van der Waals surface area (Å²) >= 11 is 6.05. The zero-order chi connectivity index (χ0) is 15.6. The molecule has 1 N–H and O–H groups in total. The summed E-state index contributed by atoms with van der Waals surface area (Å²) in [6.45, 7) is 10.1. The summed E-state index contributed by atoms with van der Waals surface area (Å²) in [4.78, 5) is 2.45. The minimum absolute atomic E-state index is 0.0226. The van der Waals surface area contributed by atoms with Gasteiger partial charge >= 0.3 is 0 Å². The van der Waals surface area contributed by atoms with Crippen molar-refractivity contribution < 1.29 is 9.84 Å². The number of likely N-dealkylation sites (tertiary alicyclic amines) is 1. The standard InChI is InChI=1S/C17H26ClNO2/c1-17(2,3)13-5-7-19(8-6-13)11-12-9-14(18)16(20)15(10-12)21-4/h9-10,13,20H,5-8,11H2,1-4H3. The molecule has 0 bridgehead atoms. The topological polar surface area (TPSA) is 32.7 Å². The highest BCUT2D eigenvalue weighted by Crippen LogP contribution is 2.37. The molecule has 0 saturated carbocycles. The Morgan fingerprint density at radius 3 is 2.43 bits per heavy atom. The molecule has 3 nitrogen and oxygen atoms in total. The quantitative estimate of drug-likeness (QED) is 0.902. The smallest absolute Gasteiger partial charge is 0.176 e. The first-order valence-electron chi connectivity index (χ1n) is 7.59. The van der Waals surface area contributed by atoms with E-state index < -0.39 is 0 Å². The van der Waals surface area contributed by atoms with Gasteiger partial charge in [0.25, 0.3) is 0 Å². The predicted molar refractivity (Wildman–Crippen MR) is 87.1 cm³/mol. The first-order chi connectivity index (χ1) is 9.81. The monoisotopic (exact) mass is 311 g/mol. The zero-order valence-electron chi connectivity index (χ0n) is 13.4. The lowest BCUT2D eigenvalue weighted by Gasteiger charge is -2.38. The van der Waals surface area contributed by atoms with E-state index in [9.17, 15) is 5.11 Å². The molecule has 4 heteroatoms. The zero-order valence-corrected chi connectivity index (χ0v) is 14.2. The number of nitrogens with zero attached hydrogens (tertiary/aromatic N) is 1. The Labute approximate surface area is 132 Å². The van der Waals surface area contributed by atoms with E-state index in [0.717, 1.165) is 31.1 Å². The van der Waals surface area contributed by atoms with Gasteiger partial charge in [0.05, 0.1) is 12.1 Å². The number of ether oxygens (including phenoxy) is 1. The van der Waals surface area contributed by atoms with Gasteiger partial charge in [-0.1, -0.05) is 32.4 Å². The van der Waals surface area contributed by atoms with E-state index >= 15 is 0 Å². The van der Waals surface area contributed by atoms with Gasteiger partial charge in [0, 0.05) is 6.54 Å². The molecule has 1 aliphatic rings. The third-order valence-electron chi connectivity index (χ3n) is 4.53. The fraction of sp³-hybridized carbons (Fsp3) is 0.647. The Morgan fingerprint density at radius 1 is 1.29 bits per heavy atom. The van der Waals surface area contributed by atoms with E-state index in [2.05, 4.69) is 25.7 Å². The molecular weight excluding hydrogens is 286 g/mol. The van der Waals surface area contributed by atoms with Gasteiger partial charge in [0.2, 0.25) is 0 Å². The van der Waals surface area contributed by atoms with Crippen molar-refractivity contribution >= 4 is 11.6 Å². The van der Waals surface area contributed by atoms with Crippen molar-refractivity contribution in [2.75, 3.05) is 20.2 Å². The van der Waals surface area contributed by atoms with Crippen LogP contribution in [-0.4, -0.2) is 30.2 Å². The van der Waals surface area contributed by atoms with E-state index in [-0.39, 0.29) is 5.75 Å². The molecule has 1 aromatic carbocycles. The highest BCUT2D eigenvalue weighted by molar-refractivity contribution is 6.32. The SMILES string of the molecule is COc1cc(CN2CCC(C(C)(C)C)CC2)cc(Cl)c1O. The summed E-state index contributed by atoms with van der Waals surface area (Å²) in [5.74, 6) is 1.27. The Bertz CT molecular complexity index is 488. The molecular formula is C17H26ClNO2. The van der Waals surface area contributed by atoms with Gasteiger partial charge in [-0.15, -0.1) is 0 Å². The van der Waals surface area contributed by atoms with Gasteiger partial charge in [-0.2, -0.15) is 0 Å². The van der Waals surface area contributed by atoms with Crippen LogP contribution in [-0.2, 0) is 6.54 Å². The molecule has 0 spiro atoms. The first-order valence-corrected chi connectivity index (χ1v) is 7.97. The number of rotatable bonds is 3. The number of phenols is 1. The summed E-state index contributed by atoms with van der Waals surface area (Å²) in [7, 11) is 1.55. The normalized spacial score (nSPS) is 18.0. The van der Waals surface area contributed by atoms with Gasteiger partial charge in [-0.05, 0) is 55.0 Å². The van der Waals surface area contributed by atoms with Crippen LogP contribution in [0.1, 0.15) is 39.2 Å². The van der Waals surface area contributed by atoms with Crippen molar-refractivity contribution in [1.82, 2.24) is 4.90 Å². The maximum absolute atomic E-state index is 9.78. The highest BCUT2D eigenvalue weighted by atomic mass is 35.5. The first kappa shape index (κ1) is 16.4. The molecule has 1 saturated heterocycles. The van der Waals surface area contributed by atoms with E-state index in [0.29, 0.717) is 16.2 Å². The Hall–Kier alpha value is -0.930. The molecule has 0 aliphatic carbocycles. The highest BCUT2D eigenvalue weighted by Gasteiger charge is 2.28. The number of piperidine rings is 1. The molecule has 21 heavy (non-hydrogen) atoms. The summed E-state index contributed by atoms with van der Waals surface area (Å²) in [5, 5.41) is 10.1. The number of halogens is 1. The number of hydrogen-bond acceptors (Lipinski definition) is 3. The minimum Gasteiger partial charge on any atom is -0.503 e. The maximum Gasteiger partial charge on any atom is 0.176 e. The molecule has 1 fully saturated rings. The third kappa shape index (κ3) is 4.04. The van der Waals surface area contributed by atoms with Crippen molar-refractivity contribution in [2.24, 2.45) is 11.3 Å². The van der Waals surface area contributed by atoms with Crippen LogP contribution in [0.2, 0.25) is 5.02 Å². The van der Waals surface area contributed by atoms with E-state index in [1.165, 1.54) is 12.8 Å². The average Bonchev–Trinajstić information content (AvgIpc) is 2.42. The Morgan fingerprint density at radius 2 is 1.90 bits per heavy atom. The molecule has 1 heterocycles. The molecule has 0 atom stereocenters. The molecule has 1 aromatic rings. The summed E-state index contributed by atoms with van der Waals surface area (Å²) in [6, 6.07) is 3.70. The van der Waals surface area contributed by atoms with Gasteiger partial charge in [-0.25, -0.2) is 0 Å². The fourth-order valence-corrected chi connectivity index (χ4v) is 3.32. The Balaban J connectivity index is 1.99. The molecule has 2 rings (SSSR count). The van der Waals surface area contributed by atoms with Crippen molar-refractivity contribution in [3.05, 3.63) is 22.7 Å². The van der Waals surface area contributed by atoms with Crippen LogP contribution in [0.4, 0.5) is 0 Å². The molecule has 118 valence electrons. The fourth-order valence-electron chi connectivity index (χ4n) is 3.09. The van der Waals surface area contributed by atoms with Crippen LogP contribution in [0.3, 0.4) is 0 Å². The van der Waals surface area contributed by atoms with Crippen LogP contribution in [0.15, 0.2) is 12.1 Å². The Kier molecular flexibility index (Phi) is 5.05. The summed E-state index contributed by atoms with van der Waals surface area (Å²) < 4.78 is 5.16. The maximum atomic E-state index is 9.78. The number of phenolic OH excluding ortho intramolecular Hbond substituents is 1. The lowest BCUT2D eigenvalue weighted by atomic mass is 9.75. The molecule has 0 radical (unpaired) electrons. The number of hydrogen-bond donors (Lipinski definition) is 1. The van der Waals surface area contributed by atoms with Gasteiger partial charge in [0.1, 0.15) is 0 Å². The van der Waals surface area contributed by atoms with E-state index in [1.807, 2.05) is 12.1 Å². The molecule has 0 amide bonds. The van der Waals surface area contributed by atoms with Crippen LogP contribution in [0.5, 0.6) is 11.5 Å². The number of aromatic hydroxyl groups is 1. The van der Waals surface area contributed by atoms with Crippen LogP contribution >= 0.6 is 11.6 Å². The van der Waals surface area contributed by atoms with Crippen molar-refractivity contribution in [2.45, 2.75) is 40.2 Å². The lowest BCUT2D eigenvalue weighted by molar-refractivity contribution is 0.108. The molecule has 1 aliphatic heterocycles. The van der Waals surface area contributed by atoms with Crippen molar-refractivity contribution in [1.29, 1.82) is 0 Å². The summed E-state index contributed by atoms with van der Waals surface area (Å²) in [6.07, 6.45) is 2.49. The number of methoxy groups -OCH3 is 1. The second-order valence-corrected chi connectivity index (χ2v) is 7.45. The van der Waals surface area contributed by atoms with Gasteiger partial charge < -0.3 is 9.84 Å². The third-order valence-corrected chi connectivity index (χ3v) is 4.81. The minimum atomic E-state index is 0.0226. The van der Waals surface area contributed by atoms with E-state index in [1.54, 1.807) is 7.11 Å². The predicted octanol–water partition coefficient (Wildman–Crippen LogP) is 4.31. The lowest BCUT2D eigenvalue weighted by Crippen LogP contribution is -2.37. The second kappa shape index (κ2) is 6.45. The van der Waals surface area contributed by atoms with Gasteiger partial charge in [0.15, 0.2) is 11.5 Å². The van der Waals surface area contributed by atoms with Crippen molar-refractivity contribution in [3.8, 4) is 11.5 Å². The number of benzene rings is 1. The van der Waals surface area contributed by atoms with Gasteiger partial charge in [-0.3, -0.25) is 4.90 Å². The second-order valence-electron chi connectivity index (χ2n) is 7.04.